The maximum absolute atomic E-state index is 12.3. The van der Waals surface area contributed by atoms with E-state index >= 15 is 0 Å². The smallest absolute Gasteiger partial charge is 0.410 e. The third-order valence-electron chi connectivity index (χ3n) is 5.15. The molecular weight excluding hydrogens is 340 g/mol. The Morgan fingerprint density at radius 2 is 1.67 bits per heavy atom. The molecule has 0 spiro atoms. The van der Waals surface area contributed by atoms with E-state index in [2.05, 4.69) is 4.90 Å². The van der Waals surface area contributed by atoms with E-state index in [1.165, 1.54) is 19.3 Å². The first-order valence-electron chi connectivity index (χ1n) is 9.90. The van der Waals surface area contributed by atoms with Crippen molar-refractivity contribution in [3.63, 3.8) is 0 Å². The number of ether oxygens (including phenoxy) is 1. The molecule has 6 heteroatoms. The molecule has 2 aliphatic heterocycles. The molecule has 0 saturated carbocycles. The van der Waals surface area contributed by atoms with E-state index in [1.807, 2.05) is 45.0 Å². The van der Waals surface area contributed by atoms with E-state index in [1.54, 1.807) is 4.90 Å². The van der Waals surface area contributed by atoms with Gasteiger partial charge in [-0.3, -0.25) is 0 Å². The van der Waals surface area contributed by atoms with Crippen LogP contribution in [-0.4, -0.2) is 52.7 Å². The zero-order valence-corrected chi connectivity index (χ0v) is 16.4. The van der Waals surface area contributed by atoms with Crippen LogP contribution in [0, 0.1) is 0 Å². The summed E-state index contributed by atoms with van der Waals surface area (Å²) < 4.78 is 5.48. The Labute approximate surface area is 160 Å². The second-order valence-electron chi connectivity index (χ2n) is 8.55. The van der Waals surface area contributed by atoms with Gasteiger partial charge >= 0.3 is 6.09 Å². The molecule has 3 heterocycles. The second-order valence-corrected chi connectivity index (χ2v) is 8.55. The normalized spacial score (nSPS) is 18.5. The van der Waals surface area contributed by atoms with Crippen LogP contribution >= 0.6 is 0 Å². The number of hydrogen-bond donors (Lipinski definition) is 0. The van der Waals surface area contributed by atoms with Crippen LogP contribution in [-0.2, 0) is 4.74 Å². The van der Waals surface area contributed by atoms with Gasteiger partial charge in [0.1, 0.15) is 5.60 Å². The van der Waals surface area contributed by atoms with Crippen LogP contribution in [0.25, 0.3) is 11.0 Å². The van der Waals surface area contributed by atoms with E-state index in [9.17, 15) is 4.79 Å². The molecule has 0 unspecified atom stereocenters. The minimum absolute atomic E-state index is 0.214. The number of carbonyl (C=O) groups excluding carboxylic acids is 1. The number of benzene rings is 1. The molecule has 6 nitrogen and oxygen atoms in total. The van der Waals surface area contributed by atoms with Crippen molar-refractivity contribution >= 4 is 22.9 Å². The van der Waals surface area contributed by atoms with Gasteiger partial charge in [-0.25, -0.2) is 14.8 Å². The van der Waals surface area contributed by atoms with Gasteiger partial charge < -0.3 is 14.5 Å². The number of carbonyl (C=O) groups is 1. The van der Waals surface area contributed by atoms with Gasteiger partial charge in [-0.15, -0.1) is 0 Å². The van der Waals surface area contributed by atoms with Crippen LogP contribution in [0.1, 0.15) is 51.6 Å². The van der Waals surface area contributed by atoms with Crippen molar-refractivity contribution < 1.29 is 9.53 Å². The Balaban J connectivity index is 1.58. The Morgan fingerprint density at radius 3 is 2.30 bits per heavy atom. The maximum atomic E-state index is 12.3. The topological polar surface area (TPSA) is 58.6 Å². The molecule has 2 fully saturated rings. The predicted octanol–water partition coefficient (Wildman–Crippen LogP) is 3.95. The van der Waals surface area contributed by atoms with Gasteiger partial charge in [-0.1, -0.05) is 12.1 Å². The van der Waals surface area contributed by atoms with E-state index in [0.717, 1.165) is 35.6 Å². The summed E-state index contributed by atoms with van der Waals surface area (Å²) in [7, 11) is 0. The van der Waals surface area contributed by atoms with Crippen molar-refractivity contribution in [3.8, 4) is 0 Å². The van der Waals surface area contributed by atoms with Crippen LogP contribution in [0.15, 0.2) is 24.3 Å². The number of aromatic nitrogens is 2. The van der Waals surface area contributed by atoms with Gasteiger partial charge in [0.15, 0.2) is 5.82 Å². The number of amides is 1. The molecule has 0 bridgehead atoms. The van der Waals surface area contributed by atoms with Crippen molar-refractivity contribution in [1.29, 1.82) is 0 Å². The highest BCUT2D eigenvalue weighted by Gasteiger charge is 2.38. The van der Waals surface area contributed by atoms with E-state index in [-0.39, 0.29) is 12.0 Å². The highest BCUT2D eigenvalue weighted by Crippen LogP contribution is 2.34. The van der Waals surface area contributed by atoms with Crippen LogP contribution in [0.4, 0.5) is 10.6 Å². The molecule has 144 valence electrons. The van der Waals surface area contributed by atoms with Crippen molar-refractivity contribution in [2.75, 3.05) is 31.1 Å². The van der Waals surface area contributed by atoms with Gasteiger partial charge in [0.25, 0.3) is 0 Å². The van der Waals surface area contributed by atoms with Gasteiger partial charge in [0.05, 0.1) is 16.7 Å². The highest BCUT2D eigenvalue weighted by atomic mass is 16.6. The zero-order valence-electron chi connectivity index (χ0n) is 16.4. The number of nitrogens with zero attached hydrogens (tertiary/aromatic N) is 4. The summed E-state index contributed by atoms with van der Waals surface area (Å²) in [6, 6.07) is 8.03. The molecule has 2 aliphatic rings. The van der Waals surface area contributed by atoms with Crippen LogP contribution in [0.2, 0.25) is 0 Å². The number of anilines is 1. The fourth-order valence-electron chi connectivity index (χ4n) is 3.74. The molecule has 0 radical (unpaired) electrons. The monoisotopic (exact) mass is 368 g/mol. The minimum Gasteiger partial charge on any atom is -0.444 e. The van der Waals surface area contributed by atoms with Crippen LogP contribution in [0.3, 0.4) is 0 Å². The second kappa shape index (κ2) is 6.98. The average molecular weight is 368 g/mol. The number of hydrogen-bond acceptors (Lipinski definition) is 5. The summed E-state index contributed by atoms with van der Waals surface area (Å²) in [5.74, 6) is 1.22. The SMILES string of the molecule is CC(C)(C)OC(=O)N1CC(c2nc3ccccc3nc2N2CCCCC2)C1. The van der Waals surface area contributed by atoms with Crippen LogP contribution in [0.5, 0.6) is 0 Å². The Kier molecular flexibility index (Phi) is 4.66. The van der Waals surface area contributed by atoms with Gasteiger partial charge in [-0.2, -0.15) is 0 Å². The molecule has 1 aromatic carbocycles. The third kappa shape index (κ3) is 3.84. The number of piperidine rings is 1. The van der Waals surface area contributed by atoms with Gasteiger partial charge in [-0.05, 0) is 52.2 Å². The van der Waals surface area contributed by atoms with E-state index < -0.39 is 5.60 Å². The molecule has 4 rings (SSSR count). The molecule has 1 amide bonds. The van der Waals surface area contributed by atoms with Crippen molar-refractivity contribution in [2.24, 2.45) is 0 Å². The number of fused-ring (bicyclic) bond motifs is 1. The lowest BCUT2D eigenvalue weighted by atomic mass is 9.95. The molecule has 27 heavy (non-hydrogen) atoms. The van der Waals surface area contributed by atoms with Crippen molar-refractivity contribution in [3.05, 3.63) is 30.0 Å². The zero-order chi connectivity index (χ0) is 19.0. The largest absolute Gasteiger partial charge is 0.444 e. The Hall–Kier alpha value is -2.37. The molecule has 0 N–H and O–H groups in total. The minimum atomic E-state index is -0.468. The molecule has 2 saturated heterocycles. The first-order chi connectivity index (χ1) is 12.9. The summed E-state index contributed by atoms with van der Waals surface area (Å²) in [6.45, 7) is 9.03. The fourth-order valence-corrected chi connectivity index (χ4v) is 3.74. The third-order valence-corrected chi connectivity index (χ3v) is 5.15. The lowest BCUT2D eigenvalue weighted by Crippen LogP contribution is -2.51. The summed E-state index contributed by atoms with van der Waals surface area (Å²) in [5.41, 5.74) is 2.41. The average Bonchev–Trinajstić information content (AvgIpc) is 2.59. The van der Waals surface area contributed by atoms with E-state index in [4.69, 9.17) is 14.7 Å². The van der Waals surface area contributed by atoms with Gasteiger partial charge in [0, 0.05) is 32.1 Å². The number of rotatable bonds is 2. The molecule has 0 atom stereocenters. The number of para-hydroxylation sites is 2. The summed E-state index contributed by atoms with van der Waals surface area (Å²) in [4.78, 5) is 26.3. The lowest BCUT2D eigenvalue weighted by Gasteiger charge is -2.41. The Morgan fingerprint density at radius 1 is 1.04 bits per heavy atom. The number of likely N-dealkylation sites (tertiary alicyclic amines) is 1. The van der Waals surface area contributed by atoms with Crippen LogP contribution < -0.4 is 4.90 Å². The molecule has 0 aliphatic carbocycles. The fraction of sp³-hybridized carbons (Fsp3) is 0.571. The maximum Gasteiger partial charge on any atom is 0.410 e. The molecule has 2 aromatic rings. The predicted molar refractivity (Wildman–Crippen MR) is 106 cm³/mol. The molecular formula is C21H28N4O2. The lowest BCUT2D eigenvalue weighted by molar-refractivity contribution is 0.00790. The van der Waals surface area contributed by atoms with Gasteiger partial charge in [0.2, 0.25) is 0 Å². The summed E-state index contributed by atoms with van der Waals surface area (Å²) in [6.07, 6.45) is 3.43. The van der Waals surface area contributed by atoms with Crippen molar-refractivity contribution in [2.45, 2.75) is 51.6 Å². The first kappa shape index (κ1) is 18.0. The Bertz CT molecular complexity index is 834. The molecule has 1 aromatic heterocycles. The van der Waals surface area contributed by atoms with Crippen molar-refractivity contribution in [1.82, 2.24) is 14.9 Å². The summed E-state index contributed by atoms with van der Waals surface area (Å²) >= 11 is 0. The first-order valence-corrected chi connectivity index (χ1v) is 9.90. The quantitative estimate of drug-likeness (QED) is 0.803. The standard InChI is InChI=1S/C21H28N4O2/c1-21(2,3)27-20(26)25-13-15(14-25)18-19(24-11-7-4-8-12-24)23-17-10-6-5-9-16(17)22-18/h5-6,9-10,15H,4,7-8,11-14H2,1-3H3. The van der Waals surface area contributed by atoms with E-state index in [0.29, 0.717) is 13.1 Å². The summed E-state index contributed by atoms with van der Waals surface area (Å²) in [5, 5.41) is 0. The highest BCUT2D eigenvalue weighted by molar-refractivity contribution is 5.77.